The lowest BCUT2D eigenvalue weighted by atomic mass is 10.1. The molecule has 2 rings (SSSR count). The first-order chi connectivity index (χ1) is 8.15. The van der Waals surface area contributed by atoms with E-state index in [0.29, 0.717) is 12.5 Å². The number of rotatable bonds is 5. The lowest BCUT2D eigenvalue weighted by molar-refractivity contribution is -0.120. The fourth-order valence-corrected chi connectivity index (χ4v) is 1.84. The van der Waals surface area contributed by atoms with Crippen LogP contribution in [0.5, 0.6) is 5.75 Å². The van der Waals surface area contributed by atoms with Crippen molar-refractivity contribution < 1.29 is 9.90 Å². The van der Waals surface area contributed by atoms with Crippen molar-refractivity contribution in [3.8, 4) is 5.75 Å². The topological polar surface area (TPSA) is 75.3 Å². The zero-order valence-electron chi connectivity index (χ0n) is 9.73. The molecule has 0 aliphatic heterocycles. The van der Waals surface area contributed by atoms with Gasteiger partial charge in [0.1, 0.15) is 5.75 Å². The van der Waals surface area contributed by atoms with Gasteiger partial charge in [-0.1, -0.05) is 12.1 Å². The highest BCUT2D eigenvalue weighted by Gasteiger charge is 2.28. The number of amides is 1. The summed E-state index contributed by atoms with van der Waals surface area (Å²) in [7, 11) is 0. The fraction of sp³-hybridized carbons (Fsp3) is 0.462. The van der Waals surface area contributed by atoms with Crippen LogP contribution in [0.25, 0.3) is 0 Å². The van der Waals surface area contributed by atoms with Crippen LogP contribution < -0.4 is 11.1 Å². The normalized spacial score (nSPS) is 16.5. The Morgan fingerprint density at radius 3 is 2.94 bits per heavy atom. The Balaban J connectivity index is 1.76. The average molecular weight is 234 g/mol. The number of nitrogens with two attached hydrogens (primary N) is 1. The Hall–Kier alpha value is -1.55. The molecule has 1 aliphatic carbocycles. The van der Waals surface area contributed by atoms with Gasteiger partial charge in [0.2, 0.25) is 5.91 Å². The number of nitrogens with one attached hydrogen (secondary N) is 1. The first-order valence-corrected chi connectivity index (χ1v) is 5.95. The number of aromatic hydroxyl groups is 1. The van der Waals surface area contributed by atoms with Gasteiger partial charge in [-0.05, 0) is 36.5 Å². The molecule has 1 fully saturated rings. The van der Waals surface area contributed by atoms with Gasteiger partial charge in [-0.15, -0.1) is 0 Å². The van der Waals surface area contributed by atoms with E-state index in [-0.39, 0.29) is 24.1 Å². The van der Waals surface area contributed by atoms with Gasteiger partial charge in [0, 0.05) is 12.6 Å². The van der Waals surface area contributed by atoms with E-state index in [4.69, 9.17) is 5.73 Å². The summed E-state index contributed by atoms with van der Waals surface area (Å²) in [6.45, 7) is 0.544. The molecule has 4 nitrogen and oxygen atoms in total. The molecule has 0 saturated heterocycles. The number of hydrogen-bond acceptors (Lipinski definition) is 3. The fourth-order valence-electron chi connectivity index (χ4n) is 1.84. The third-order valence-corrected chi connectivity index (χ3v) is 3.04. The van der Waals surface area contributed by atoms with E-state index in [1.54, 1.807) is 18.2 Å². The van der Waals surface area contributed by atoms with Gasteiger partial charge in [-0.2, -0.15) is 0 Å². The van der Waals surface area contributed by atoms with Crippen LogP contribution in [0.3, 0.4) is 0 Å². The number of phenolic OH excluding ortho intramolecular Hbond substituents is 1. The molecule has 1 saturated carbocycles. The number of hydrogen-bond donors (Lipinski definition) is 3. The standard InChI is InChI=1S/C13H18N2O2/c14-12(10-4-5-10)8-15-13(17)7-9-2-1-3-11(16)6-9/h1-3,6,10,12,16H,4-5,7-8,14H2,(H,15,17). The summed E-state index contributed by atoms with van der Waals surface area (Å²) in [5.41, 5.74) is 6.70. The van der Waals surface area contributed by atoms with Crippen LogP contribution in [0.4, 0.5) is 0 Å². The van der Waals surface area contributed by atoms with Gasteiger partial charge in [-0.3, -0.25) is 4.79 Å². The SMILES string of the molecule is NC(CNC(=O)Cc1cccc(O)c1)C1CC1. The minimum absolute atomic E-state index is 0.0494. The number of carbonyl (C=O) groups excluding carboxylic acids is 1. The van der Waals surface area contributed by atoms with Crippen LogP contribution in [0.15, 0.2) is 24.3 Å². The lowest BCUT2D eigenvalue weighted by Crippen LogP contribution is -2.39. The van der Waals surface area contributed by atoms with E-state index in [1.807, 2.05) is 6.07 Å². The maximum Gasteiger partial charge on any atom is 0.224 e. The van der Waals surface area contributed by atoms with E-state index >= 15 is 0 Å². The second kappa shape index (κ2) is 5.19. The molecule has 0 heterocycles. The Bertz CT molecular complexity index is 402. The third kappa shape index (κ3) is 3.75. The monoisotopic (exact) mass is 234 g/mol. The molecule has 0 aromatic heterocycles. The molecule has 4 N–H and O–H groups in total. The van der Waals surface area contributed by atoms with Gasteiger partial charge in [0.25, 0.3) is 0 Å². The van der Waals surface area contributed by atoms with Crippen LogP contribution in [-0.2, 0) is 11.2 Å². The summed E-state index contributed by atoms with van der Waals surface area (Å²) in [6, 6.07) is 6.82. The van der Waals surface area contributed by atoms with Crippen LogP contribution in [-0.4, -0.2) is 23.6 Å². The first-order valence-electron chi connectivity index (χ1n) is 5.95. The van der Waals surface area contributed by atoms with Gasteiger partial charge in [0.05, 0.1) is 6.42 Å². The smallest absolute Gasteiger partial charge is 0.224 e. The highest BCUT2D eigenvalue weighted by molar-refractivity contribution is 5.78. The van der Waals surface area contributed by atoms with Crippen LogP contribution >= 0.6 is 0 Å². The van der Waals surface area contributed by atoms with Crippen molar-refractivity contribution in [2.24, 2.45) is 11.7 Å². The van der Waals surface area contributed by atoms with Crippen molar-refractivity contribution in [3.63, 3.8) is 0 Å². The quantitative estimate of drug-likeness (QED) is 0.705. The predicted molar refractivity (Wildman–Crippen MR) is 65.5 cm³/mol. The summed E-state index contributed by atoms with van der Waals surface area (Å²) < 4.78 is 0. The van der Waals surface area contributed by atoms with Crippen LogP contribution in [0, 0.1) is 5.92 Å². The zero-order valence-corrected chi connectivity index (χ0v) is 9.73. The third-order valence-electron chi connectivity index (χ3n) is 3.04. The van der Waals surface area contributed by atoms with Crippen molar-refractivity contribution in [1.29, 1.82) is 0 Å². The molecule has 0 spiro atoms. The Kier molecular flexibility index (Phi) is 3.64. The summed E-state index contributed by atoms with van der Waals surface area (Å²) in [5, 5.41) is 12.1. The molecule has 0 radical (unpaired) electrons. The Morgan fingerprint density at radius 1 is 1.53 bits per heavy atom. The molecule has 17 heavy (non-hydrogen) atoms. The van der Waals surface area contributed by atoms with Crippen molar-refractivity contribution in [2.75, 3.05) is 6.54 Å². The highest BCUT2D eigenvalue weighted by Crippen LogP contribution is 2.31. The van der Waals surface area contributed by atoms with Crippen LogP contribution in [0.1, 0.15) is 18.4 Å². The molecular formula is C13H18N2O2. The molecule has 1 aliphatic rings. The largest absolute Gasteiger partial charge is 0.508 e. The van der Waals surface area contributed by atoms with Gasteiger partial charge >= 0.3 is 0 Å². The number of carbonyl (C=O) groups is 1. The van der Waals surface area contributed by atoms with Gasteiger partial charge < -0.3 is 16.2 Å². The molecule has 1 unspecified atom stereocenters. The summed E-state index contributed by atoms with van der Waals surface area (Å²) >= 11 is 0. The summed E-state index contributed by atoms with van der Waals surface area (Å²) in [6.07, 6.45) is 2.65. The van der Waals surface area contributed by atoms with Crippen molar-refractivity contribution in [1.82, 2.24) is 5.32 Å². The second-order valence-electron chi connectivity index (χ2n) is 4.65. The molecule has 1 amide bonds. The molecule has 0 bridgehead atoms. The zero-order chi connectivity index (χ0) is 12.3. The van der Waals surface area contributed by atoms with E-state index < -0.39 is 0 Å². The molecule has 1 aromatic rings. The minimum Gasteiger partial charge on any atom is -0.508 e. The van der Waals surface area contributed by atoms with Gasteiger partial charge in [-0.25, -0.2) is 0 Å². The number of phenols is 1. The molecule has 4 heteroatoms. The summed E-state index contributed by atoms with van der Waals surface area (Å²) in [4.78, 5) is 11.6. The van der Waals surface area contributed by atoms with E-state index in [2.05, 4.69) is 5.32 Å². The molecular weight excluding hydrogens is 216 g/mol. The Morgan fingerprint density at radius 2 is 2.29 bits per heavy atom. The van der Waals surface area contributed by atoms with E-state index in [0.717, 1.165) is 5.56 Å². The van der Waals surface area contributed by atoms with Gasteiger partial charge in [0.15, 0.2) is 0 Å². The maximum atomic E-state index is 11.6. The van der Waals surface area contributed by atoms with Crippen molar-refractivity contribution in [3.05, 3.63) is 29.8 Å². The molecule has 92 valence electrons. The number of benzene rings is 1. The van der Waals surface area contributed by atoms with Crippen molar-refractivity contribution >= 4 is 5.91 Å². The first kappa shape index (κ1) is 11.9. The predicted octanol–water partition coefficient (Wildman–Crippen LogP) is 0.788. The molecule has 1 aromatic carbocycles. The average Bonchev–Trinajstić information content (AvgIpc) is 3.09. The minimum atomic E-state index is -0.0494. The van der Waals surface area contributed by atoms with E-state index in [9.17, 15) is 9.90 Å². The van der Waals surface area contributed by atoms with E-state index in [1.165, 1.54) is 12.8 Å². The highest BCUT2D eigenvalue weighted by atomic mass is 16.3. The maximum absolute atomic E-state index is 11.6. The molecule has 1 atom stereocenters. The summed E-state index contributed by atoms with van der Waals surface area (Å²) in [5.74, 6) is 0.729. The Labute approximate surface area is 101 Å². The van der Waals surface area contributed by atoms with Crippen molar-refractivity contribution in [2.45, 2.75) is 25.3 Å². The second-order valence-corrected chi connectivity index (χ2v) is 4.65. The van der Waals surface area contributed by atoms with Crippen LogP contribution in [0.2, 0.25) is 0 Å². The lowest BCUT2D eigenvalue weighted by Gasteiger charge is -2.11.